The van der Waals surface area contributed by atoms with Crippen LogP contribution >= 0.6 is 11.3 Å². The van der Waals surface area contributed by atoms with Gasteiger partial charge in [0.2, 0.25) is 0 Å². The Kier molecular flexibility index (Phi) is 6.27. The van der Waals surface area contributed by atoms with Gasteiger partial charge in [-0.2, -0.15) is 0 Å². The Labute approximate surface area is 185 Å². The van der Waals surface area contributed by atoms with Crippen LogP contribution in [0.4, 0.5) is 10.5 Å². The van der Waals surface area contributed by atoms with E-state index in [0.717, 1.165) is 16.4 Å². The van der Waals surface area contributed by atoms with Gasteiger partial charge in [0.25, 0.3) is 5.91 Å². The van der Waals surface area contributed by atoms with E-state index in [1.807, 2.05) is 48.7 Å². The van der Waals surface area contributed by atoms with Crippen molar-refractivity contribution in [2.75, 3.05) is 31.5 Å². The zero-order valence-electron chi connectivity index (χ0n) is 17.6. The maximum atomic E-state index is 12.7. The van der Waals surface area contributed by atoms with Crippen molar-refractivity contribution in [3.63, 3.8) is 0 Å². The summed E-state index contributed by atoms with van der Waals surface area (Å²) in [7, 11) is 0. The smallest absolute Gasteiger partial charge is 0.321 e. The number of furan rings is 1. The quantitative estimate of drug-likeness (QED) is 0.634. The third kappa shape index (κ3) is 5.08. The van der Waals surface area contributed by atoms with Gasteiger partial charge in [-0.1, -0.05) is 6.07 Å². The zero-order valence-corrected chi connectivity index (χ0v) is 18.4. The number of benzene rings is 1. The summed E-state index contributed by atoms with van der Waals surface area (Å²) in [6.07, 6.45) is 0. The van der Waals surface area contributed by atoms with Crippen LogP contribution in [0.3, 0.4) is 0 Å². The number of nitrogens with one attached hydrogen (secondary N) is 1. The van der Waals surface area contributed by atoms with Gasteiger partial charge in [0, 0.05) is 36.7 Å². The Morgan fingerprint density at radius 3 is 2.39 bits per heavy atom. The van der Waals surface area contributed by atoms with Crippen molar-refractivity contribution in [2.45, 2.75) is 20.5 Å². The summed E-state index contributed by atoms with van der Waals surface area (Å²) < 4.78 is 11.2. The van der Waals surface area contributed by atoms with Crippen molar-refractivity contribution in [1.82, 2.24) is 9.80 Å². The fourth-order valence-corrected chi connectivity index (χ4v) is 4.13. The Balaban J connectivity index is 1.26. The van der Waals surface area contributed by atoms with Crippen LogP contribution in [0.15, 0.2) is 52.3 Å². The number of anilines is 1. The maximum Gasteiger partial charge on any atom is 0.321 e. The fourth-order valence-electron chi connectivity index (χ4n) is 3.51. The van der Waals surface area contributed by atoms with E-state index < -0.39 is 0 Å². The lowest BCUT2D eigenvalue weighted by Crippen LogP contribution is -2.51. The van der Waals surface area contributed by atoms with Crippen molar-refractivity contribution in [2.24, 2.45) is 0 Å². The van der Waals surface area contributed by atoms with Crippen LogP contribution in [0.25, 0.3) is 0 Å². The second kappa shape index (κ2) is 9.26. The molecule has 0 spiro atoms. The lowest BCUT2D eigenvalue weighted by atomic mass is 10.2. The molecule has 1 aliphatic heterocycles. The van der Waals surface area contributed by atoms with E-state index in [4.69, 9.17) is 9.15 Å². The average molecular weight is 440 g/mol. The molecule has 31 heavy (non-hydrogen) atoms. The number of ether oxygens (including phenoxy) is 1. The number of piperazine rings is 1. The van der Waals surface area contributed by atoms with Gasteiger partial charge in [-0.25, -0.2) is 4.79 Å². The molecule has 2 aromatic heterocycles. The first-order valence-corrected chi connectivity index (χ1v) is 11.0. The Hall–Kier alpha value is -3.26. The van der Waals surface area contributed by atoms with Crippen LogP contribution in [-0.4, -0.2) is 47.9 Å². The van der Waals surface area contributed by atoms with Crippen molar-refractivity contribution >= 4 is 29.0 Å². The Morgan fingerprint density at radius 1 is 1.06 bits per heavy atom. The third-order valence-corrected chi connectivity index (χ3v) is 6.04. The van der Waals surface area contributed by atoms with E-state index in [0.29, 0.717) is 49.8 Å². The highest BCUT2D eigenvalue weighted by Gasteiger charge is 2.26. The summed E-state index contributed by atoms with van der Waals surface area (Å²) in [6, 6.07) is 13.0. The SMILES string of the molecule is Cc1cc(C(=O)N2CCN(C(=O)Nc3ccc(OCc4cccs4)cc3)CC2)c(C)o1. The zero-order chi connectivity index (χ0) is 21.8. The first-order chi connectivity index (χ1) is 15.0. The van der Waals surface area contributed by atoms with Crippen molar-refractivity contribution in [1.29, 1.82) is 0 Å². The summed E-state index contributed by atoms with van der Waals surface area (Å²) in [5.74, 6) is 2.06. The Morgan fingerprint density at radius 2 is 1.77 bits per heavy atom. The highest BCUT2D eigenvalue weighted by Crippen LogP contribution is 2.20. The molecule has 7 nitrogen and oxygen atoms in total. The van der Waals surface area contributed by atoms with E-state index >= 15 is 0 Å². The lowest BCUT2D eigenvalue weighted by molar-refractivity contribution is 0.0670. The number of nitrogens with zero attached hydrogens (tertiary/aromatic N) is 2. The van der Waals surface area contributed by atoms with Gasteiger partial charge in [0.1, 0.15) is 23.9 Å². The molecule has 3 aromatic rings. The molecule has 8 heteroatoms. The van der Waals surface area contributed by atoms with Gasteiger partial charge in [0.15, 0.2) is 0 Å². The molecule has 0 bridgehead atoms. The van der Waals surface area contributed by atoms with Crippen molar-refractivity contribution in [3.8, 4) is 5.75 Å². The fraction of sp³-hybridized carbons (Fsp3) is 0.304. The van der Waals surface area contributed by atoms with Crippen LogP contribution in [-0.2, 0) is 6.61 Å². The first-order valence-electron chi connectivity index (χ1n) is 10.2. The molecule has 1 aliphatic rings. The standard InChI is InChI=1S/C23H25N3O4S/c1-16-14-21(17(2)30-16)22(27)25-9-11-26(12-10-25)23(28)24-18-5-7-19(8-6-18)29-15-20-4-3-13-31-20/h3-8,13-14H,9-12,15H2,1-2H3,(H,24,28). The lowest BCUT2D eigenvalue weighted by Gasteiger charge is -2.34. The molecular formula is C23H25N3O4S. The van der Waals surface area contributed by atoms with Gasteiger partial charge in [-0.15, -0.1) is 11.3 Å². The average Bonchev–Trinajstić information content (AvgIpc) is 3.42. The first kappa shape index (κ1) is 21.0. The molecular weight excluding hydrogens is 414 g/mol. The van der Waals surface area contributed by atoms with Crippen molar-refractivity contribution < 1.29 is 18.7 Å². The molecule has 0 unspecified atom stereocenters. The summed E-state index contributed by atoms with van der Waals surface area (Å²) >= 11 is 1.66. The molecule has 1 saturated heterocycles. The van der Waals surface area contributed by atoms with Crippen LogP contribution in [0, 0.1) is 13.8 Å². The molecule has 4 rings (SSSR count). The molecule has 1 aromatic carbocycles. The van der Waals surface area contributed by atoms with E-state index in [-0.39, 0.29) is 11.9 Å². The maximum absolute atomic E-state index is 12.7. The summed E-state index contributed by atoms with van der Waals surface area (Å²) in [6.45, 7) is 6.10. The number of hydrogen-bond acceptors (Lipinski definition) is 5. The minimum atomic E-state index is -0.172. The van der Waals surface area contributed by atoms with E-state index in [9.17, 15) is 9.59 Å². The number of thiophene rings is 1. The predicted octanol–water partition coefficient (Wildman–Crippen LogP) is 4.53. The summed E-state index contributed by atoms with van der Waals surface area (Å²) in [5, 5.41) is 4.93. The number of carbonyl (C=O) groups is 2. The number of aryl methyl sites for hydroxylation is 2. The highest BCUT2D eigenvalue weighted by molar-refractivity contribution is 7.09. The number of carbonyl (C=O) groups excluding carboxylic acids is 2. The topological polar surface area (TPSA) is 75.0 Å². The third-order valence-electron chi connectivity index (χ3n) is 5.19. The van der Waals surface area contributed by atoms with Crippen LogP contribution < -0.4 is 10.1 Å². The molecule has 0 aliphatic carbocycles. The molecule has 1 fully saturated rings. The summed E-state index contributed by atoms with van der Waals surface area (Å²) in [5.41, 5.74) is 1.30. The molecule has 0 saturated carbocycles. The minimum absolute atomic E-state index is 0.0486. The normalized spacial score (nSPS) is 13.9. The molecule has 3 amide bonds. The minimum Gasteiger partial charge on any atom is -0.488 e. The van der Waals surface area contributed by atoms with E-state index in [1.54, 1.807) is 34.1 Å². The largest absolute Gasteiger partial charge is 0.488 e. The van der Waals surface area contributed by atoms with Gasteiger partial charge < -0.3 is 24.3 Å². The molecule has 1 N–H and O–H groups in total. The van der Waals surface area contributed by atoms with Crippen molar-refractivity contribution in [3.05, 3.63) is 69.8 Å². The number of urea groups is 1. The highest BCUT2D eigenvalue weighted by atomic mass is 32.1. The van der Waals surface area contributed by atoms with Crippen LogP contribution in [0.5, 0.6) is 5.75 Å². The van der Waals surface area contributed by atoms with E-state index in [1.165, 1.54) is 0 Å². The van der Waals surface area contributed by atoms with Gasteiger partial charge >= 0.3 is 6.03 Å². The molecule has 0 radical (unpaired) electrons. The molecule has 3 heterocycles. The molecule has 0 atom stereocenters. The second-order valence-corrected chi connectivity index (χ2v) is 8.46. The van der Waals surface area contributed by atoms with Gasteiger partial charge in [-0.05, 0) is 55.6 Å². The van der Waals surface area contributed by atoms with Crippen LogP contribution in [0.1, 0.15) is 26.8 Å². The second-order valence-electron chi connectivity index (χ2n) is 7.43. The molecule has 162 valence electrons. The van der Waals surface area contributed by atoms with Crippen LogP contribution in [0.2, 0.25) is 0 Å². The Bertz CT molecular complexity index is 1040. The number of hydrogen-bond donors (Lipinski definition) is 1. The monoisotopic (exact) mass is 439 g/mol. The van der Waals surface area contributed by atoms with E-state index in [2.05, 4.69) is 5.32 Å². The van der Waals surface area contributed by atoms with Gasteiger partial charge in [-0.3, -0.25) is 4.79 Å². The summed E-state index contributed by atoms with van der Waals surface area (Å²) in [4.78, 5) is 29.9. The predicted molar refractivity (Wildman–Crippen MR) is 120 cm³/mol. The number of rotatable bonds is 5. The number of amides is 3. The van der Waals surface area contributed by atoms with Gasteiger partial charge in [0.05, 0.1) is 5.56 Å².